The third-order valence-electron chi connectivity index (χ3n) is 10.7. The summed E-state index contributed by atoms with van der Waals surface area (Å²) in [6.45, 7) is 7.54. The Hall–Kier alpha value is -1.80. The molecule has 1 saturated heterocycles. The van der Waals surface area contributed by atoms with Crippen LogP contribution < -0.4 is 0 Å². The predicted molar refractivity (Wildman–Crippen MR) is 128 cm³/mol. The van der Waals surface area contributed by atoms with Crippen molar-refractivity contribution in [3.8, 4) is 0 Å². The fraction of sp³-hybridized carbons (Fsp3) is 0.630. The molecule has 5 aliphatic rings. The van der Waals surface area contributed by atoms with Crippen molar-refractivity contribution in [1.29, 1.82) is 0 Å². The summed E-state index contributed by atoms with van der Waals surface area (Å²) in [4.78, 5) is 31.6. The molecular formula is C27H33NO5S. The minimum absolute atomic E-state index is 0.0176. The van der Waals surface area contributed by atoms with Crippen molar-refractivity contribution in [1.82, 2.24) is 5.06 Å². The predicted octanol–water partition coefficient (Wildman–Crippen LogP) is 4.21. The van der Waals surface area contributed by atoms with Gasteiger partial charge < -0.3 is 10.2 Å². The number of rotatable bonds is 3. The van der Waals surface area contributed by atoms with Gasteiger partial charge in [-0.15, -0.1) is 0 Å². The Morgan fingerprint density at radius 2 is 2.09 bits per heavy atom. The van der Waals surface area contributed by atoms with Crippen LogP contribution in [-0.2, 0) is 21.0 Å². The number of allylic oxidation sites excluding steroid dienone is 4. The van der Waals surface area contributed by atoms with E-state index in [1.165, 1.54) is 0 Å². The number of aliphatic hydroxyl groups is 1. The lowest BCUT2D eigenvalue weighted by Crippen LogP contribution is -2.66. The van der Waals surface area contributed by atoms with Gasteiger partial charge in [0, 0.05) is 35.3 Å². The molecule has 2 N–H and O–H groups in total. The Balaban J connectivity index is 1.39. The van der Waals surface area contributed by atoms with Gasteiger partial charge in [-0.3, -0.25) is 9.63 Å². The highest BCUT2D eigenvalue weighted by atomic mass is 32.1. The lowest BCUT2D eigenvalue weighted by Gasteiger charge is -2.65. The van der Waals surface area contributed by atoms with Gasteiger partial charge in [-0.05, 0) is 72.1 Å². The number of carbonyl (C=O) groups is 2. The van der Waals surface area contributed by atoms with E-state index in [0.717, 1.165) is 30.4 Å². The third-order valence-corrected chi connectivity index (χ3v) is 11.4. The van der Waals surface area contributed by atoms with Gasteiger partial charge in [0.2, 0.25) is 0 Å². The quantitative estimate of drug-likeness (QED) is 0.670. The minimum atomic E-state index is -1.33. The van der Waals surface area contributed by atoms with Gasteiger partial charge >= 0.3 is 5.97 Å². The lowest BCUT2D eigenvalue weighted by molar-refractivity contribution is -0.271. The normalized spacial score (nSPS) is 47.5. The number of carboxylic acid groups (broad SMARTS) is 1. The molecule has 4 aliphatic carbocycles. The van der Waals surface area contributed by atoms with Gasteiger partial charge in [-0.25, -0.2) is 4.79 Å². The zero-order valence-electron chi connectivity index (χ0n) is 20.0. The number of hydroxylamine groups is 2. The molecule has 0 aromatic carbocycles. The summed E-state index contributed by atoms with van der Waals surface area (Å²) in [5.74, 6) is -0.728. The molecule has 6 nitrogen and oxygen atoms in total. The van der Waals surface area contributed by atoms with Crippen molar-refractivity contribution < 1.29 is 24.6 Å². The van der Waals surface area contributed by atoms with E-state index in [1.54, 1.807) is 23.5 Å². The first-order valence-electron chi connectivity index (χ1n) is 12.4. The highest BCUT2D eigenvalue weighted by Crippen LogP contribution is 2.74. The van der Waals surface area contributed by atoms with Gasteiger partial charge in [-0.2, -0.15) is 16.4 Å². The minimum Gasteiger partial charge on any atom is -0.479 e. The summed E-state index contributed by atoms with van der Waals surface area (Å²) in [7, 11) is 0. The number of hydrogen-bond donors (Lipinski definition) is 2. The average molecular weight is 484 g/mol. The molecule has 0 radical (unpaired) electrons. The molecule has 0 unspecified atom stereocenters. The highest BCUT2D eigenvalue weighted by molar-refractivity contribution is 7.07. The number of carboxylic acids is 1. The monoisotopic (exact) mass is 483 g/mol. The molecule has 4 fully saturated rings. The number of ketones is 1. The molecule has 1 aromatic rings. The van der Waals surface area contributed by atoms with Gasteiger partial charge in [0.1, 0.15) is 0 Å². The van der Waals surface area contributed by atoms with Crippen LogP contribution in [0.4, 0.5) is 0 Å². The maximum Gasteiger partial charge on any atom is 0.339 e. The first-order valence-corrected chi connectivity index (χ1v) is 13.3. The SMILES string of the molecule is C[C@]12[C@@H](O)C[C@@]3(C)[C@@H](C[C@H]4CN(Cc5ccsc5)O[C@]43C(=O)O)[C@@H]1CCC1=CC(=O)C=C[C@@]12C. The third kappa shape index (κ3) is 2.56. The van der Waals surface area contributed by atoms with Crippen molar-refractivity contribution in [2.75, 3.05) is 6.54 Å². The number of aliphatic hydroxyl groups excluding tert-OH is 1. The van der Waals surface area contributed by atoms with Crippen LogP contribution >= 0.6 is 11.3 Å². The molecule has 0 spiro atoms. The van der Waals surface area contributed by atoms with Gasteiger partial charge in [0.25, 0.3) is 0 Å². The Morgan fingerprint density at radius 3 is 2.79 bits per heavy atom. The van der Waals surface area contributed by atoms with Crippen LogP contribution in [0.5, 0.6) is 0 Å². The van der Waals surface area contributed by atoms with E-state index in [2.05, 4.69) is 26.2 Å². The van der Waals surface area contributed by atoms with Crippen LogP contribution in [0.15, 0.2) is 40.6 Å². The summed E-state index contributed by atoms with van der Waals surface area (Å²) in [5.41, 5.74) is -0.655. The molecule has 0 amide bonds. The number of thiophene rings is 1. The van der Waals surface area contributed by atoms with E-state index in [4.69, 9.17) is 4.84 Å². The van der Waals surface area contributed by atoms with E-state index >= 15 is 0 Å². The van der Waals surface area contributed by atoms with E-state index in [-0.39, 0.29) is 23.5 Å². The standard InChI is InChI=1S/C27H33NO5S/c1-24-8-6-19(29)10-17(24)4-5-20-21-11-18-14-28(13-16-7-9-34-15-16)33-27(18,23(31)32)25(21,2)12-22(30)26(20,24)3/h6-10,15,18,20-22,30H,4-5,11-14H2,1-3H3,(H,31,32)/t18-,20-,21-,22-,24-,25-,26+,27-/m0/s1. The molecule has 182 valence electrons. The lowest BCUT2D eigenvalue weighted by atomic mass is 9.40. The summed E-state index contributed by atoms with van der Waals surface area (Å²) in [6.07, 6.45) is 7.54. The average Bonchev–Trinajstić information content (AvgIpc) is 3.46. The van der Waals surface area contributed by atoms with Gasteiger partial charge in [0.15, 0.2) is 11.4 Å². The van der Waals surface area contributed by atoms with E-state index < -0.39 is 33.9 Å². The maximum atomic E-state index is 13.0. The fourth-order valence-corrected chi connectivity index (χ4v) is 9.46. The van der Waals surface area contributed by atoms with Crippen LogP contribution in [0, 0.1) is 34.0 Å². The van der Waals surface area contributed by atoms with Crippen molar-refractivity contribution in [3.05, 3.63) is 46.2 Å². The second kappa shape index (κ2) is 7.12. The summed E-state index contributed by atoms with van der Waals surface area (Å²) in [5, 5.41) is 28.4. The van der Waals surface area contributed by atoms with Crippen LogP contribution in [0.3, 0.4) is 0 Å². The van der Waals surface area contributed by atoms with Crippen molar-refractivity contribution in [2.24, 2.45) is 34.0 Å². The summed E-state index contributed by atoms with van der Waals surface area (Å²) in [6, 6.07) is 2.05. The van der Waals surface area contributed by atoms with Gasteiger partial charge in [0.05, 0.1) is 6.10 Å². The Kier molecular flexibility index (Phi) is 4.75. The Bertz CT molecular complexity index is 1110. The fourth-order valence-electron chi connectivity index (χ4n) is 8.80. The van der Waals surface area contributed by atoms with Crippen molar-refractivity contribution in [3.63, 3.8) is 0 Å². The molecule has 6 rings (SSSR count). The second-order valence-electron chi connectivity index (χ2n) is 11.8. The van der Waals surface area contributed by atoms with Crippen LogP contribution in [0.25, 0.3) is 0 Å². The Morgan fingerprint density at radius 1 is 1.29 bits per heavy atom. The highest BCUT2D eigenvalue weighted by Gasteiger charge is 2.78. The first-order chi connectivity index (χ1) is 16.1. The van der Waals surface area contributed by atoms with E-state index in [9.17, 15) is 19.8 Å². The molecule has 1 aliphatic heterocycles. The molecular weight excluding hydrogens is 450 g/mol. The molecule has 8 atom stereocenters. The smallest absolute Gasteiger partial charge is 0.339 e. The molecule has 7 heteroatoms. The maximum absolute atomic E-state index is 13.0. The molecule has 1 aromatic heterocycles. The number of aliphatic carboxylic acids is 1. The summed E-state index contributed by atoms with van der Waals surface area (Å²) < 4.78 is 0. The van der Waals surface area contributed by atoms with Crippen molar-refractivity contribution in [2.45, 2.75) is 64.7 Å². The molecule has 0 bridgehead atoms. The molecule has 34 heavy (non-hydrogen) atoms. The first kappa shape index (κ1) is 22.7. The zero-order chi connectivity index (χ0) is 24.1. The largest absolute Gasteiger partial charge is 0.479 e. The number of fused-ring (bicyclic) bond motifs is 7. The van der Waals surface area contributed by atoms with Gasteiger partial charge in [-0.1, -0.05) is 32.4 Å². The topological polar surface area (TPSA) is 87.1 Å². The van der Waals surface area contributed by atoms with Crippen LogP contribution in [-0.4, -0.2) is 45.3 Å². The van der Waals surface area contributed by atoms with Crippen LogP contribution in [0.1, 0.15) is 52.0 Å². The number of carbonyl (C=O) groups excluding carboxylic acids is 1. The van der Waals surface area contributed by atoms with Crippen LogP contribution in [0.2, 0.25) is 0 Å². The second-order valence-corrected chi connectivity index (χ2v) is 12.6. The van der Waals surface area contributed by atoms with Crippen molar-refractivity contribution >= 4 is 23.1 Å². The molecule has 3 saturated carbocycles. The summed E-state index contributed by atoms with van der Waals surface area (Å²) >= 11 is 1.63. The van der Waals surface area contributed by atoms with E-state index in [0.29, 0.717) is 19.5 Å². The zero-order valence-corrected chi connectivity index (χ0v) is 20.8. The number of nitrogens with zero attached hydrogens (tertiary/aromatic N) is 1. The molecule has 2 heterocycles. The Labute approximate surface area is 204 Å². The van der Waals surface area contributed by atoms with E-state index in [1.807, 2.05) is 22.6 Å². The number of hydrogen-bond acceptors (Lipinski definition) is 6.